The quantitative estimate of drug-likeness (QED) is 0.909. The largest absolute Gasteiger partial charge is 0.481 e. The van der Waals surface area contributed by atoms with Gasteiger partial charge >= 0.3 is 5.97 Å². The van der Waals surface area contributed by atoms with Gasteiger partial charge in [0.1, 0.15) is 11.6 Å². The summed E-state index contributed by atoms with van der Waals surface area (Å²) in [5.74, 6) is 1.11. The minimum Gasteiger partial charge on any atom is -0.481 e. The summed E-state index contributed by atoms with van der Waals surface area (Å²) in [4.78, 5) is 15.0. The number of carbonyl (C=O) groups is 1. The van der Waals surface area contributed by atoms with Crippen molar-refractivity contribution in [2.24, 2.45) is 0 Å². The molecule has 6 heteroatoms. The molecule has 1 aromatic carbocycles. The van der Waals surface area contributed by atoms with E-state index in [0.717, 1.165) is 18.7 Å². The second-order valence-electron chi connectivity index (χ2n) is 4.51. The maximum atomic E-state index is 10.7. The number of hydrogen-bond donors (Lipinski definition) is 1. The van der Waals surface area contributed by atoms with Crippen molar-refractivity contribution in [3.05, 3.63) is 35.7 Å². The van der Waals surface area contributed by atoms with Crippen molar-refractivity contribution in [3.8, 4) is 10.9 Å². The number of benzene rings is 1. The molecule has 1 aromatic heterocycles. The van der Waals surface area contributed by atoms with Gasteiger partial charge in [0, 0.05) is 17.5 Å². The number of hydrogen-bond acceptors (Lipinski definition) is 5. The van der Waals surface area contributed by atoms with Crippen molar-refractivity contribution in [2.45, 2.75) is 25.2 Å². The van der Waals surface area contributed by atoms with Crippen molar-refractivity contribution in [2.75, 3.05) is 0 Å². The molecule has 0 radical (unpaired) electrons. The SMILES string of the molecule is O=C(O)Cc1cccc(Oc2nc(C3CC3)ns2)c1. The Kier molecular flexibility index (Phi) is 3.16. The Bertz CT molecular complexity index is 607. The molecule has 1 N–H and O–H groups in total. The topological polar surface area (TPSA) is 72.3 Å². The number of aliphatic carboxylic acids is 1. The molecule has 5 nitrogen and oxygen atoms in total. The average Bonchev–Trinajstić information content (AvgIpc) is 3.10. The molecule has 19 heavy (non-hydrogen) atoms. The van der Waals surface area contributed by atoms with Crippen LogP contribution < -0.4 is 4.74 Å². The molecule has 1 saturated carbocycles. The highest BCUT2D eigenvalue weighted by Gasteiger charge is 2.28. The Labute approximate surface area is 114 Å². The molecule has 0 atom stereocenters. The van der Waals surface area contributed by atoms with Crippen molar-refractivity contribution in [3.63, 3.8) is 0 Å². The summed E-state index contributed by atoms with van der Waals surface area (Å²) in [6.07, 6.45) is 2.30. The highest BCUT2D eigenvalue weighted by molar-refractivity contribution is 7.07. The first kappa shape index (κ1) is 12.1. The van der Waals surface area contributed by atoms with E-state index in [1.807, 2.05) is 0 Å². The maximum absolute atomic E-state index is 10.7. The minimum absolute atomic E-state index is 0.0133. The minimum atomic E-state index is -0.857. The first-order chi connectivity index (χ1) is 9.20. The summed E-state index contributed by atoms with van der Waals surface area (Å²) in [6.45, 7) is 0. The lowest BCUT2D eigenvalue weighted by Crippen LogP contribution is -1.99. The van der Waals surface area contributed by atoms with Gasteiger partial charge in [0.15, 0.2) is 0 Å². The van der Waals surface area contributed by atoms with Gasteiger partial charge in [-0.1, -0.05) is 12.1 Å². The number of aromatic nitrogens is 2. The van der Waals surface area contributed by atoms with Gasteiger partial charge in [-0.25, -0.2) is 0 Å². The van der Waals surface area contributed by atoms with Gasteiger partial charge in [0.25, 0.3) is 5.19 Å². The first-order valence-electron chi connectivity index (χ1n) is 6.03. The molecule has 1 heterocycles. The highest BCUT2D eigenvalue weighted by Crippen LogP contribution is 2.40. The van der Waals surface area contributed by atoms with Crippen molar-refractivity contribution in [1.82, 2.24) is 9.36 Å². The molecule has 0 aliphatic heterocycles. The Morgan fingerprint density at radius 2 is 2.32 bits per heavy atom. The lowest BCUT2D eigenvalue weighted by molar-refractivity contribution is -0.136. The van der Waals surface area contributed by atoms with Crippen LogP contribution in [0, 0.1) is 0 Å². The summed E-state index contributed by atoms with van der Waals surface area (Å²) in [6, 6.07) is 7.03. The zero-order valence-electron chi connectivity index (χ0n) is 10.1. The molecule has 98 valence electrons. The molecule has 3 rings (SSSR count). The van der Waals surface area contributed by atoms with Gasteiger partial charge in [-0.2, -0.15) is 9.36 Å². The van der Waals surface area contributed by atoms with Crippen LogP contribution in [-0.2, 0) is 11.2 Å². The van der Waals surface area contributed by atoms with E-state index in [1.54, 1.807) is 24.3 Å². The Hall–Kier alpha value is -1.95. The van der Waals surface area contributed by atoms with Crippen molar-refractivity contribution >= 4 is 17.5 Å². The third-order valence-electron chi connectivity index (χ3n) is 2.82. The first-order valence-corrected chi connectivity index (χ1v) is 6.80. The summed E-state index contributed by atoms with van der Waals surface area (Å²) < 4.78 is 9.87. The van der Waals surface area contributed by atoms with Crippen LogP contribution in [0.3, 0.4) is 0 Å². The van der Waals surface area contributed by atoms with Crippen molar-refractivity contribution in [1.29, 1.82) is 0 Å². The molecule has 2 aromatic rings. The second kappa shape index (κ2) is 4.97. The van der Waals surface area contributed by atoms with Gasteiger partial charge in [0.05, 0.1) is 6.42 Å². The van der Waals surface area contributed by atoms with Crippen LogP contribution in [0.15, 0.2) is 24.3 Å². The highest BCUT2D eigenvalue weighted by atomic mass is 32.1. The van der Waals surface area contributed by atoms with Crippen LogP contribution >= 0.6 is 11.5 Å². The van der Waals surface area contributed by atoms with Crippen LogP contribution in [0.4, 0.5) is 0 Å². The van der Waals surface area contributed by atoms with E-state index < -0.39 is 5.97 Å². The van der Waals surface area contributed by atoms with Gasteiger partial charge < -0.3 is 9.84 Å². The number of ether oxygens (including phenoxy) is 1. The number of nitrogens with zero attached hydrogens (tertiary/aromatic N) is 2. The van der Waals surface area contributed by atoms with Crippen LogP contribution in [-0.4, -0.2) is 20.4 Å². The van der Waals surface area contributed by atoms with Crippen LogP contribution in [0.5, 0.6) is 10.9 Å². The summed E-state index contributed by atoms with van der Waals surface area (Å²) in [5.41, 5.74) is 0.705. The third-order valence-corrected chi connectivity index (χ3v) is 3.43. The summed E-state index contributed by atoms with van der Waals surface area (Å²) >= 11 is 1.23. The van der Waals surface area contributed by atoms with Crippen LogP contribution in [0.1, 0.15) is 30.1 Å². The lowest BCUT2D eigenvalue weighted by atomic mass is 10.1. The van der Waals surface area contributed by atoms with E-state index in [2.05, 4.69) is 9.36 Å². The van der Waals surface area contributed by atoms with E-state index in [4.69, 9.17) is 9.84 Å². The molecular formula is C13H12N2O3S. The number of rotatable bonds is 5. The zero-order valence-corrected chi connectivity index (χ0v) is 10.9. The molecular weight excluding hydrogens is 264 g/mol. The molecule has 0 spiro atoms. The number of carboxylic acid groups (broad SMARTS) is 1. The van der Waals surface area contributed by atoms with E-state index in [-0.39, 0.29) is 6.42 Å². The number of carboxylic acids is 1. The fraction of sp³-hybridized carbons (Fsp3) is 0.308. The average molecular weight is 276 g/mol. The molecule has 0 bridgehead atoms. The van der Waals surface area contributed by atoms with Crippen LogP contribution in [0.25, 0.3) is 0 Å². The smallest absolute Gasteiger partial charge is 0.307 e. The Morgan fingerprint density at radius 3 is 3.05 bits per heavy atom. The maximum Gasteiger partial charge on any atom is 0.307 e. The molecule has 1 fully saturated rings. The third kappa shape index (κ3) is 3.08. The van der Waals surface area contributed by atoms with Crippen LogP contribution in [0.2, 0.25) is 0 Å². The Balaban J connectivity index is 1.72. The van der Waals surface area contributed by atoms with E-state index >= 15 is 0 Å². The molecule has 0 unspecified atom stereocenters. The van der Waals surface area contributed by atoms with Gasteiger partial charge in [-0.15, -0.1) is 0 Å². The van der Waals surface area contributed by atoms with Gasteiger partial charge in [-0.3, -0.25) is 4.79 Å². The normalized spacial score (nSPS) is 14.3. The van der Waals surface area contributed by atoms with E-state index in [9.17, 15) is 4.79 Å². The van der Waals surface area contributed by atoms with Gasteiger partial charge in [-0.05, 0) is 30.5 Å². The van der Waals surface area contributed by atoms with E-state index in [1.165, 1.54) is 11.5 Å². The van der Waals surface area contributed by atoms with Crippen molar-refractivity contribution < 1.29 is 14.6 Å². The fourth-order valence-electron chi connectivity index (χ4n) is 1.76. The standard InChI is InChI=1S/C13H12N2O3S/c16-11(17)7-8-2-1-3-10(6-8)18-13-14-12(15-19-13)9-4-5-9/h1-3,6,9H,4-5,7H2,(H,16,17). The summed E-state index contributed by atoms with van der Waals surface area (Å²) in [5, 5.41) is 9.27. The predicted molar refractivity (Wildman–Crippen MR) is 69.7 cm³/mol. The molecule has 0 saturated heterocycles. The van der Waals surface area contributed by atoms with Gasteiger partial charge in [0.2, 0.25) is 0 Å². The lowest BCUT2D eigenvalue weighted by Gasteiger charge is -2.03. The fourth-order valence-corrected chi connectivity index (χ4v) is 2.39. The molecule has 0 amide bonds. The zero-order chi connectivity index (χ0) is 13.2. The van der Waals surface area contributed by atoms with E-state index in [0.29, 0.717) is 22.4 Å². The monoisotopic (exact) mass is 276 g/mol. The predicted octanol–water partition coefficient (Wildman–Crippen LogP) is 2.83. The summed E-state index contributed by atoms with van der Waals surface area (Å²) in [7, 11) is 0. The second-order valence-corrected chi connectivity index (χ2v) is 5.23. The molecule has 1 aliphatic rings. The Morgan fingerprint density at radius 1 is 1.47 bits per heavy atom. The molecule has 1 aliphatic carbocycles.